The number of aromatic nitrogens is 2. The highest BCUT2D eigenvalue weighted by molar-refractivity contribution is 5.76. The Labute approximate surface area is 115 Å². The summed E-state index contributed by atoms with van der Waals surface area (Å²) in [6.07, 6.45) is 6.72. The van der Waals surface area contributed by atoms with Gasteiger partial charge in [-0.3, -0.25) is 9.48 Å². The van der Waals surface area contributed by atoms with Gasteiger partial charge in [0.1, 0.15) is 0 Å². The van der Waals surface area contributed by atoms with Crippen LogP contribution in [0.25, 0.3) is 0 Å². The molecule has 1 aromatic rings. The van der Waals surface area contributed by atoms with Crippen molar-refractivity contribution in [2.45, 2.75) is 52.0 Å². The fourth-order valence-electron chi connectivity index (χ4n) is 2.22. The molecule has 1 aromatic heterocycles. The van der Waals surface area contributed by atoms with Crippen LogP contribution in [0.4, 0.5) is 0 Å². The monoisotopic (exact) mass is 266 g/mol. The molecule has 0 aliphatic carbocycles. The van der Waals surface area contributed by atoms with Crippen LogP contribution in [0.1, 0.15) is 56.3 Å². The highest BCUT2D eigenvalue weighted by atomic mass is 16.1. The Balaban J connectivity index is 2.30. The van der Waals surface area contributed by atoms with E-state index in [2.05, 4.69) is 10.4 Å². The van der Waals surface area contributed by atoms with Gasteiger partial charge >= 0.3 is 0 Å². The van der Waals surface area contributed by atoms with Crippen molar-refractivity contribution in [3.63, 3.8) is 0 Å². The van der Waals surface area contributed by atoms with Gasteiger partial charge in [0, 0.05) is 25.2 Å². The Kier molecular flexibility index (Phi) is 6.56. The molecule has 0 spiro atoms. The fraction of sp³-hybridized carbons (Fsp3) is 0.714. The maximum Gasteiger partial charge on any atom is 0.220 e. The number of rotatable bonds is 8. The van der Waals surface area contributed by atoms with E-state index in [4.69, 9.17) is 5.73 Å². The number of aryl methyl sites for hydroxylation is 2. The minimum Gasteiger partial charge on any atom is -0.349 e. The van der Waals surface area contributed by atoms with Gasteiger partial charge in [-0.15, -0.1) is 0 Å². The van der Waals surface area contributed by atoms with Gasteiger partial charge in [-0.25, -0.2) is 0 Å². The number of carbonyl (C=O) groups is 1. The molecule has 0 radical (unpaired) electrons. The first-order chi connectivity index (χ1) is 9.04. The lowest BCUT2D eigenvalue weighted by atomic mass is 10.1. The largest absolute Gasteiger partial charge is 0.349 e. The average molecular weight is 266 g/mol. The topological polar surface area (TPSA) is 72.9 Å². The Morgan fingerprint density at radius 2 is 2.11 bits per heavy atom. The van der Waals surface area contributed by atoms with E-state index in [1.807, 2.05) is 27.1 Å². The fourth-order valence-corrected chi connectivity index (χ4v) is 2.22. The summed E-state index contributed by atoms with van der Waals surface area (Å²) < 4.78 is 1.78. The van der Waals surface area contributed by atoms with Crippen LogP contribution in [-0.4, -0.2) is 22.2 Å². The van der Waals surface area contributed by atoms with Gasteiger partial charge in [-0.2, -0.15) is 5.10 Å². The van der Waals surface area contributed by atoms with Crippen LogP contribution < -0.4 is 11.1 Å². The molecular weight excluding hydrogens is 240 g/mol. The van der Waals surface area contributed by atoms with Gasteiger partial charge in [-0.1, -0.05) is 12.8 Å². The highest BCUT2D eigenvalue weighted by Crippen LogP contribution is 2.15. The zero-order valence-corrected chi connectivity index (χ0v) is 12.3. The van der Waals surface area contributed by atoms with Gasteiger partial charge < -0.3 is 11.1 Å². The van der Waals surface area contributed by atoms with E-state index in [9.17, 15) is 4.79 Å². The molecule has 5 heteroatoms. The summed E-state index contributed by atoms with van der Waals surface area (Å²) in [6.45, 7) is 4.70. The van der Waals surface area contributed by atoms with Crippen molar-refractivity contribution < 1.29 is 4.79 Å². The predicted molar refractivity (Wildman–Crippen MR) is 76.6 cm³/mol. The summed E-state index contributed by atoms with van der Waals surface area (Å²) in [5.41, 5.74) is 7.48. The molecule has 1 rings (SSSR count). The Hall–Kier alpha value is -1.36. The number of nitrogens with one attached hydrogen (secondary N) is 1. The highest BCUT2D eigenvalue weighted by Gasteiger charge is 2.13. The molecule has 0 aromatic carbocycles. The minimum atomic E-state index is 0.0187. The Bertz CT molecular complexity index is 400. The van der Waals surface area contributed by atoms with E-state index >= 15 is 0 Å². The second-order valence-corrected chi connectivity index (χ2v) is 5.09. The van der Waals surface area contributed by atoms with E-state index < -0.39 is 0 Å². The van der Waals surface area contributed by atoms with Crippen LogP contribution in [0.2, 0.25) is 0 Å². The van der Waals surface area contributed by atoms with Crippen molar-refractivity contribution in [2.24, 2.45) is 12.8 Å². The van der Waals surface area contributed by atoms with Crippen molar-refractivity contribution in [1.82, 2.24) is 15.1 Å². The summed E-state index contributed by atoms with van der Waals surface area (Å²) in [6, 6.07) is 0.0187. The molecule has 19 heavy (non-hydrogen) atoms. The predicted octanol–water partition coefficient (Wildman–Crippen LogP) is 1.81. The smallest absolute Gasteiger partial charge is 0.220 e. The number of carbonyl (C=O) groups excluding carboxylic acids is 1. The molecule has 0 aliphatic rings. The molecule has 1 amide bonds. The molecule has 1 unspecified atom stereocenters. The van der Waals surface area contributed by atoms with Crippen LogP contribution in [0.3, 0.4) is 0 Å². The van der Waals surface area contributed by atoms with Gasteiger partial charge in [0.25, 0.3) is 0 Å². The van der Waals surface area contributed by atoms with Gasteiger partial charge in [0.05, 0.1) is 11.7 Å². The molecule has 3 N–H and O–H groups in total. The maximum atomic E-state index is 11.8. The van der Waals surface area contributed by atoms with Crippen LogP contribution in [0.5, 0.6) is 0 Å². The standard InChI is InChI=1S/C14H26N4O/c1-11(13-10-18(3)17-12(13)2)16-14(19)8-6-4-5-7-9-15/h10-11H,4-9,15H2,1-3H3,(H,16,19). The first kappa shape index (κ1) is 15.7. The molecule has 0 aliphatic heterocycles. The van der Waals surface area contributed by atoms with Gasteiger partial charge in [0.15, 0.2) is 0 Å². The van der Waals surface area contributed by atoms with E-state index in [-0.39, 0.29) is 11.9 Å². The third-order valence-electron chi connectivity index (χ3n) is 3.25. The lowest BCUT2D eigenvalue weighted by Crippen LogP contribution is -2.26. The van der Waals surface area contributed by atoms with Crippen LogP contribution >= 0.6 is 0 Å². The van der Waals surface area contributed by atoms with E-state index in [1.54, 1.807) is 4.68 Å². The third kappa shape index (κ3) is 5.42. The van der Waals surface area contributed by atoms with Gasteiger partial charge in [0.2, 0.25) is 5.91 Å². The lowest BCUT2D eigenvalue weighted by molar-refractivity contribution is -0.121. The van der Waals surface area contributed by atoms with Crippen LogP contribution in [0.15, 0.2) is 6.20 Å². The van der Waals surface area contributed by atoms with Crippen molar-refractivity contribution in [2.75, 3.05) is 6.54 Å². The van der Waals surface area contributed by atoms with E-state index in [1.165, 1.54) is 0 Å². The summed E-state index contributed by atoms with van der Waals surface area (Å²) in [5.74, 6) is 0.114. The molecule has 108 valence electrons. The normalized spacial score (nSPS) is 12.4. The van der Waals surface area contributed by atoms with Gasteiger partial charge in [-0.05, 0) is 33.2 Å². The molecule has 1 heterocycles. The number of hydrogen-bond donors (Lipinski definition) is 2. The Morgan fingerprint density at radius 3 is 2.68 bits per heavy atom. The number of nitrogens with two attached hydrogens (primary N) is 1. The number of hydrogen-bond acceptors (Lipinski definition) is 3. The zero-order valence-electron chi connectivity index (χ0n) is 12.3. The van der Waals surface area contributed by atoms with Crippen molar-refractivity contribution in [3.8, 4) is 0 Å². The summed E-state index contributed by atoms with van der Waals surface area (Å²) in [5, 5.41) is 7.31. The SMILES string of the molecule is Cc1nn(C)cc1C(C)NC(=O)CCCCCCN. The first-order valence-corrected chi connectivity index (χ1v) is 7.04. The summed E-state index contributed by atoms with van der Waals surface area (Å²) >= 11 is 0. The second kappa shape index (κ2) is 7.94. The third-order valence-corrected chi connectivity index (χ3v) is 3.25. The average Bonchev–Trinajstić information content (AvgIpc) is 2.68. The molecule has 0 saturated heterocycles. The Morgan fingerprint density at radius 1 is 1.42 bits per heavy atom. The zero-order chi connectivity index (χ0) is 14.3. The molecule has 0 fully saturated rings. The minimum absolute atomic E-state index is 0.0187. The molecular formula is C14H26N4O. The number of unbranched alkanes of at least 4 members (excludes halogenated alkanes) is 3. The molecule has 1 atom stereocenters. The van der Waals surface area contributed by atoms with Crippen molar-refractivity contribution in [1.29, 1.82) is 0 Å². The lowest BCUT2D eigenvalue weighted by Gasteiger charge is -2.13. The van der Waals surface area contributed by atoms with E-state index in [0.29, 0.717) is 6.42 Å². The molecule has 0 saturated carbocycles. The van der Waals surface area contributed by atoms with Crippen LogP contribution in [0, 0.1) is 6.92 Å². The van der Waals surface area contributed by atoms with Crippen molar-refractivity contribution in [3.05, 3.63) is 17.5 Å². The second-order valence-electron chi connectivity index (χ2n) is 5.09. The van der Waals surface area contributed by atoms with Crippen LogP contribution in [-0.2, 0) is 11.8 Å². The summed E-state index contributed by atoms with van der Waals surface area (Å²) in [7, 11) is 1.89. The summed E-state index contributed by atoms with van der Waals surface area (Å²) in [4.78, 5) is 11.8. The molecule has 5 nitrogen and oxygen atoms in total. The van der Waals surface area contributed by atoms with E-state index in [0.717, 1.165) is 43.5 Å². The number of amides is 1. The maximum absolute atomic E-state index is 11.8. The quantitative estimate of drug-likeness (QED) is 0.705. The first-order valence-electron chi connectivity index (χ1n) is 7.04. The number of nitrogens with zero attached hydrogens (tertiary/aromatic N) is 2. The van der Waals surface area contributed by atoms with Crippen molar-refractivity contribution >= 4 is 5.91 Å². The molecule has 0 bridgehead atoms.